The minimum atomic E-state index is -3.16. The molecule has 0 fully saturated rings. The van der Waals surface area contributed by atoms with Crippen molar-refractivity contribution >= 4 is 26.8 Å². The van der Waals surface area contributed by atoms with Gasteiger partial charge in [-0.25, -0.2) is 18.1 Å². The fourth-order valence-electron chi connectivity index (χ4n) is 3.06. The topological polar surface area (TPSA) is 85.5 Å². The van der Waals surface area contributed by atoms with Crippen molar-refractivity contribution in [2.75, 3.05) is 12.3 Å². The van der Waals surface area contributed by atoms with Crippen LogP contribution in [0.25, 0.3) is 16.8 Å². The molecule has 0 saturated carbocycles. The van der Waals surface area contributed by atoms with Gasteiger partial charge in [-0.15, -0.1) is 0 Å². The number of pyridine rings is 1. The predicted octanol–water partition coefficient (Wildman–Crippen LogP) is 1.51. The molecule has 0 unspecified atom stereocenters. The number of hydrogen-bond acceptors (Lipinski definition) is 4. The van der Waals surface area contributed by atoms with E-state index in [1.54, 1.807) is 4.57 Å². The summed E-state index contributed by atoms with van der Waals surface area (Å²) in [7, 11) is -3.16. The van der Waals surface area contributed by atoms with E-state index in [0.717, 1.165) is 23.4 Å². The molecule has 3 aromatic rings. The molecule has 3 aromatic heterocycles. The molecule has 3 rings (SSSR count). The van der Waals surface area contributed by atoms with E-state index in [1.165, 1.54) is 0 Å². The molecule has 7 nitrogen and oxygen atoms in total. The first-order valence-corrected chi connectivity index (χ1v) is 9.87. The number of sulfonamides is 1. The summed E-state index contributed by atoms with van der Waals surface area (Å²) in [6.07, 6.45) is 2.02. The average Bonchev–Trinajstić information content (AvgIpc) is 3.00. The number of unbranched alkanes of at least 4 members (excludes halogenated alkanes) is 1. The minimum Gasteiger partial charge on any atom is -0.292 e. The van der Waals surface area contributed by atoms with Crippen LogP contribution in [0.3, 0.4) is 0 Å². The molecule has 0 radical (unpaired) electrons. The van der Waals surface area contributed by atoms with E-state index in [1.807, 2.05) is 36.4 Å². The maximum atomic E-state index is 12.6. The first kappa shape index (κ1) is 16.9. The highest BCUT2D eigenvalue weighted by Crippen LogP contribution is 2.17. The second-order valence-corrected chi connectivity index (χ2v) is 7.93. The van der Waals surface area contributed by atoms with Gasteiger partial charge in [-0.1, -0.05) is 13.0 Å². The van der Waals surface area contributed by atoms with E-state index in [-0.39, 0.29) is 11.3 Å². The summed E-state index contributed by atoms with van der Waals surface area (Å²) in [4.78, 5) is 17.0. The van der Waals surface area contributed by atoms with Gasteiger partial charge < -0.3 is 0 Å². The van der Waals surface area contributed by atoms with Crippen LogP contribution in [0.15, 0.2) is 23.0 Å². The van der Waals surface area contributed by atoms with Crippen molar-refractivity contribution in [2.24, 2.45) is 0 Å². The molecule has 0 atom stereocenters. The Labute approximate surface area is 140 Å². The second kappa shape index (κ2) is 6.52. The van der Waals surface area contributed by atoms with Gasteiger partial charge in [0.1, 0.15) is 16.8 Å². The van der Waals surface area contributed by atoms with E-state index in [0.29, 0.717) is 31.4 Å². The van der Waals surface area contributed by atoms with Crippen LogP contribution in [0.5, 0.6) is 0 Å². The van der Waals surface area contributed by atoms with Crippen molar-refractivity contribution in [1.82, 2.24) is 18.7 Å². The Morgan fingerprint density at radius 3 is 2.79 bits per heavy atom. The molecule has 0 amide bonds. The highest BCUT2D eigenvalue weighted by molar-refractivity contribution is 7.89. The van der Waals surface area contributed by atoms with Crippen molar-refractivity contribution in [3.05, 3.63) is 34.2 Å². The Kier molecular flexibility index (Phi) is 4.60. The summed E-state index contributed by atoms with van der Waals surface area (Å²) in [6, 6.07) is 5.69. The van der Waals surface area contributed by atoms with E-state index < -0.39 is 10.0 Å². The molecule has 3 heterocycles. The van der Waals surface area contributed by atoms with E-state index in [9.17, 15) is 13.2 Å². The third-order valence-corrected chi connectivity index (χ3v) is 5.71. The number of imidazole rings is 2. The highest BCUT2D eigenvalue weighted by atomic mass is 32.2. The summed E-state index contributed by atoms with van der Waals surface area (Å²) in [5, 5.41) is 0. The zero-order chi connectivity index (χ0) is 17.3. The molecule has 0 aliphatic carbocycles. The predicted molar refractivity (Wildman–Crippen MR) is 94.2 cm³/mol. The Bertz CT molecular complexity index is 1000. The number of aromatic nitrogens is 3. The standard InChI is InChI=1S/C16H22N4O3S/c1-3-11-24(22,23)17-9-4-5-10-19-14-8-6-7-13-18-12(2)15(16(19)21)20(13)14/h6-8,17H,3-5,9-11H2,1-2H3. The number of rotatable bonds is 8. The van der Waals surface area contributed by atoms with Crippen LogP contribution >= 0.6 is 0 Å². The van der Waals surface area contributed by atoms with Crippen LogP contribution in [-0.4, -0.2) is 34.7 Å². The quantitative estimate of drug-likeness (QED) is 0.624. The SMILES string of the molecule is CCCS(=O)(=O)NCCCCn1c(=O)c2c(C)nc3cccc1n32. The number of hydrogen-bond donors (Lipinski definition) is 1. The van der Waals surface area contributed by atoms with Crippen molar-refractivity contribution < 1.29 is 8.42 Å². The van der Waals surface area contributed by atoms with Crippen molar-refractivity contribution in [3.63, 3.8) is 0 Å². The molecule has 0 aromatic carbocycles. The van der Waals surface area contributed by atoms with Crippen molar-refractivity contribution in [1.29, 1.82) is 0 Å². The minimum absolute atomic E-state index is 0.0345. The van der Waals surface area contributed by atoms with E-state index >= 15 is 0 Å². The molecule has 8 heteroatoms. The molecule has 24 heavy (non-hydrogen) atoms. The van der Waals surface area contributed by atoms with Gasteiger partial charge >= 0.3 is 0 Å². The molecular formula is C16H22N4O3S. The monoisotopic (exact) mass is 350 g/mol. The fraction of sp³-hybridized carbons (Fsp3) is 0.500. The number of nitrogens with one attached hydrogen (secondary N) is 1. The maximum absolute atomic E-state index is 12.6. The van der Waals surface area contributed by atoms with Gasteiger partial charge in [0, 0.05) is 13.1 Å². The first-order valence-electron chi connectivity index (χ1n) is 8.22. The molecule has 0 bridgehead atoms. The van der Waals surface area contributed by atoms with Crippen LogP contribution in [0.4, 0.5) is 0 Å². The molecule has 0 saturated heterocycles. The molecule has 0 spiro atoms. The lowest BCUT2D eigenvalue weighted by Crippen LogP contribution is -2.27. The largest absolute Gasteiger partial charge is 0.292 e. The number of aryl methyl sites for hydroxylation is 2. The summed E-state index contributed by atoms with van der Waals surface area (Å²) >= 11 is 0. The lowest BCUT2D eigenvalue weighted by Gasteiger charge is -2.06. The van der Waals surface area contributed by atoms with Crippen LogP contribution in [0, 0.1) is 6.92 Å². The van der Waals surface area contributed by atoms with E-state index in [2.05, 4.69) is 9.71 Å². The first-order chi connectivity index (χ1) is 11.4. The molecular weight excluding hydrogens is 328 g/mol. The van der Waals surface area contributed by atoms with Gasteiger partial charge in [0.05, 0.1) is 11.4 Å². The Hall–Kier alpha value is -1.93. The van der Waals surface area contributed by atoms with Gasteiger partial charge in [-0.3, -0.25) is 13.8 Å². The molecule has 0 aliphatic rings. The van der Waals surface area contributed by atoms with Gasteiger partial charge in [-0.05, 0) is 38.3 Å². The van der Waals surface area contributed by atoms with Gasteiger partial charge in [0.15, 0.2) is 0 Å². The molecule has 130 valence electrons. The molecule has 0 aliphatic heterocycles. The average molecular weight is 350 g/mol. The van der Waals surface area contributed by atoms with Gasteiger partial charge in [-0.2, -0.15) is 0 Å². The third-order valence-electron chi connectivity index (χ3n) is 4.12. The molecule has 1 N–H and O–H groups in total. The number of nitrogens with zero attached hydrogens (tertiary/aromatic N) is 3. The normalized spacial score (nSPS) is 12.6. The van der Waals surface area contributed by atoms with Crippen LogP contribution in [-0.2, 0) is 16.6 Å². The van der Waals surface area contributed by atoms with Crippen LogP contribution in [0.2, 0.25) is 0 Å². The van der Waals surface area contributed by atoms with Gasteiger partial charge in [0.25, 0.3) is 5.56 Å². The maximum Gasteiger partial charge on any atom is 0.278 e. The lowest BCUT2D eigenvalue weighted by molar-refractivity contribution is 0.565. The smallest absolute Gasteiger partial charge is 0.278 e. The summed E-state index contributed by atoms with van der Waals surface area (Å²) in [5.74, 6) is 0.154. The van der Waals surface area contributed by atoms with Gasteiger partial charge in [0.2, 0.25) is 10.0 Å². The lowest BCUT2D eigenvalue weighted by atomic mass is 10.3. The zero-order valence-electron chi connectivity index (χ0n) is 13.9. The summed E-state index contributed by atoms with van der Waals surface area (Å²) in [6.45, 7) is 4.65. The Morgan fingerprint density at radius 2 is 2.04 bits per heavy atom. The zero-order valence-corrected chi connectivity index (χ0v) is 14.8. The van der Waals surface area contributed by atoms with Crippen LogP contribution in [0.1, 0.15) is 31.9 Å². The summed E-state index contributed by atoms with van der Waals surface area (Å²) in [5.41, 5.74) is 2.95. The Morgan fingerprint density at radius 1 is 1.25 bits per heavy atom. The third kappa shape index (κ3) is 3.03. The fourth-order valence-corrected chi connectivity index (χ4v) is 4.20. The highest BCUT2D eigenvalue weighted by Gasteiger charge is 2.17. The van der Waals surface area contributed by atoms with E-state index in [4.69, 9.17) is 0 Å². The second-order valence-electron chi connectivity index (χ2n) is 6.00. The van der Waals surface area contributed by atoms with Crippen LogP contribution < -0.4 is 10.3 Å². The Balaban J connectivity index is 1.70. The van der Waals surface area contributed by atoms with Crippen molar-refractivity contribution in [2.45, 2.75) is 39.7 Å². The summed E-state index contributed by atoms with van der Waals surface area (Å²) < 4.78 is 29.4. The van der Waals surface area contributed by atoms with Crippen molar-refractivity contribution in [3.8, 4) is 0 Å².